The van der Waals surface area contributed by atoms with Gasteiger partial charge < -0.3 is 10.5 Å². The largest absolute Gasteiger partial charge is 0.494 e. The Hall–Kier alpha value is -1.40. The Balaban J connectivity index is 2.26. The summed E-state index contributed by atoms with van der Waals surface area (Å²) in [6, 6.07) is 4.43. The summed E-state index contributed by atoms with van der Waals surface area (Å²) in [5.41, 5.74) is 8.97. The SMILES string of the molecule is COc1cc(C(N)Cc2c(Br)c(C)nn2C)ccc1F. The van der Waals surface area contributed by atoms with Crippen molar-refractivity contribution in [3.63, 3.8) is 0 Å². The van der Waals surface area contributed by atoms with Gasteiger partial charge in [0.15, 0.2) is 11.6 Å². The van der Waals surface area contributed by atoms with E-state index in [4.69, 9.17) is 10.5 Å². The summed E-state index contributed by atoms with van der Waals surface area (Å²) in [5.74, 6) is -0.181. The van der Waals surface area contributed by atoms with E-state index in [-0.39, 0.29) is 17.6 Å². The standard InChI is InChI=1S/C14H17BrFN3O/c1-8-14(15)12(19(2)18-8)7-11(17)9-4-5-10(16)13(6-9)20-3/h4-6,11H,7,17H2,1-3H3. The number of aromatic nitrogens is 2. The van der Waals surface area contributed by atoms with E-state index in [0.29, 0.717) is 6.42 Å². The van der Waals surface area contributed by atoms with Crippen LogP contribution in [0.4, 0.5) is 4.39 Å². The number of halogens is 2. The number of aryl methyl sites for hydroxylation is 2. The Morgan fingerprint density at radius 2 is 2.20 bits per heavy atom. The van der Waals surface area contributed by atoms with E-state index in [2.05, 4.69) is 21.0 Å². The zero-order valence-corrected chi connectivity index (χ0v) is 13.2. The van der Waals surface area contributed by atoms with E-state index in [1.165, 1.54) is 13.2 Å². The van der Waals surface area contributed by atoms with Crippen LogP contribution in [0.25, 0.3) is 0 Å². The highest BCUT2D eigenvalue weighted by Gasteiger charge is 2.16. The summed E-state index contributed by atoms with van der Waals surface area (Å²) in [4.78, 5) is 0. The van der Waals surface area contributed by atoms with Gasteiger partial charge in [0.25, 0.3) is 0 Å². The van der Waals surface area contributed by atoms with Crippen molar-refractivity contribution >= 4 is 15.9 Å². The predicted octanol–water partition coefficient (Wildman–Crippen LogP) is 2.88. The quantitative estimate of drug-likeness (QED) is 0.930. The van der Waals surface area contributed by atoms with E-state index in [9.17, 15) is 4.39 Å². The maximum atomic E-state index is 13.4. The molecule has 0 bridgehead atoms. The molecular formula is C14H17BrFN3O. The molecule has 1 aromatic heterocycles. The fourth-order valence-electron chi connectivity index (χ4n) is 2.14. The summed E-state index contributed by atoms with van der Waals surface area (Å²) in [7, 11) is 3.32. The average molecular weight is 342 g/mol. The Labute approximate surface area is 125 Å². The maximum absolute atomic E-state index is 13.4. The van der Waals surface area contributed by atoms with E-state index in [0.717, 1.165) is 21.4 Å². The van der Waals surface area contributed by atoms with Gasteiger partial charge in [-0.25, -0.2) is 4.39 Å². The van der Waals surface area contributed by atoms with E-state index < -0.39 is 0 Å². The van der Waals surface area contributed by atoms with E-state index in [1.54, 1.807) is 16.8 Å². The number of methoxy groups -OCH3 is 1. The lowest BCUT2D eigenvalue weighted by Gasteiger charge is -2.14. The van der Waals surface area contributed by atoms with Crippen LogP contribution >= 0.6 is 15.9 Å². The Morgan fingerprint density at radius 3 is 2.75 bits per heavy atom. The van der Waals surface area contributed by atoms with Crippen LogP contribution in [0.3, 0.4) is 0 Å². The first-order valence-corrected chi connectivity index (χ1v) is 7.00. The minimum absolute atomic E-state index is 0.207. The molecule has 1 aromatic carbocycles. The minimum atomic E-state index is -0.388. The molecule has 0 aliphatic heterocycles. The second-order valence-electron chi connectivity index (χ2n) is 4.67. The summed E-state index contributed by atoms with van der Waals surface area (Å²) < 4.78 is 21.2. The highest BCUT2D eigenvalue weighted by atomic mass is 79.9. The molecule has 0 fully saturated rings. The minimum Gasteiger partial charge on any atom is -0.494 e. The van der Waals surface area contributed by atoms with Crippen molar-refractivity contribution in [3.8, 4) is 5.75 Å². The summed E-state index contributed by atoms with van der Waals surface area (Å²) in [6.07, 6.45) is 0.604. The maximum Gasteiger partial charge on any atom is 0.165 e. The molecule has 2 N–H and O–H groups in total. The van der Waals surface area contributed by atoms with Crippen molar-refractivity contribution in [2.75, 3.05) is 7.11 Å². The van der Waals surface area contributed by atoms with Gasteiger partial charge in [0.2, 0.25) is 0 Å². The molecule has 0 aliphatic carbocycles. The molecule has 4 nitrogen and oxygen atoms in total. The van der Waals surface area contributed by atoms with Gasteiger partial charge in [0.1, 0.15) is 0 Å². The molecule has 0 spiro atoms. The van der Waals surface area contributed by atoms with Crippen LogP contribution in [-0.4, -0.2) is 16.9 Å². The molecule has 2 rings (SSSR count). The normalized spacial score (nSPS) is 12.5. The van der Waals surface area contributed by atoms with Gasteiger partial charge in [0, 0.05) is 19.5 Å². The number of ether oxygens (including phenoxy) is 1. The fourth-order valence-corrected chi connectivity index (χ4v) is 2.63. The van der Waals surface area contributed by atoms with Crippen LogP contribution in [0.2, 0.25) is 0 Å². The topological polar surface area (TPSA) is 53.1 Å². The number of benzene rings is 1. The number of hydrogen-bond acceptors (Lipinski definition) is 3. The fraction of sp³-hybridized carbons (Fsp3) is 0.357. The monoisotopic (exact) mass is 341 g/mol. The zero-order chi connectivity index (χ0) is 14.9. The molecule has 0 saturated heterocycles. The first-order chi connectivity index (χ1) is 9.43. The smallest absolute Gasteiger partial charge is 0.165 e. The zero-order valence-electron chi connectivity index (χ0n) is 11.7. The van der Waals surface area contributed by atoms with Crippen LogP contribution in [0.5, 0.6) is 5.75 Å². The molecule has 1 unspecified atom stereocenters. The lowest BCUT2D eigenvalue weighted by molar-refractivity contribution is 0.385. The Bertz CT molecular complexity index is 627. The number of hydrogen-bond donors (Lipinski definition) is 1. The molecule has 0 amide bonds. The molecule has 6 heteroatoms. The number of nitrogens with zero attached hydrogens (tertiary/aromatic N) is 2. The van der Waals surface area contributed by atoms with Crippen LogP contribution in [0, 0.1) is 12.7 Å². The van der Waals surface area contributed by atoms with Gasteiger partial charge in [-0.05, 0) is 40.5 Å². The van der Waals surface area contributed by atoms with Gasteiger partial charge in [-0.3, -0.25) is 4.68 Å². The highest BCUT2D eigenvalue weighted by molar-refractivity contribution is 9.10. The summed E-state index contributed by atoms with van der Waals surface area (Å²) in [6.45, 7) is 1.93. The van der Waals surface area contributed by atoms with E-state index >= 15 is 0 Å². The van der Waals surface area contributed by atoms with Gasteiger partial charge in [0.05, 0.1) is 23.0 Å². The molecule has 0 saturated carbocycles. The number of rotatable bonds is 4. The molecule has 0 radical (unpaired) electrons. The molecular weight excluding hydrogens is 325 g/mol. The first-order valence-electron chi connectivity index (χ1n) is 6.21. The molecule has 0 aliphatic rings. The molecule has 1 heterocycles. The van der Waals surface area contributed by atoms with Crippen molar-refractivity contribution < 1.29 is 9.13 Å². The second-order valence-corrected chi connectivity index (χ2v) is 5.47. The lowest BCUT2D eigenvalue weighted by Crippen LogP contribution is -2.16. The Morgan fingerprint density at radius 1 is 1.50 bits per heavy atom. The third-order valence-corrected chi connectivity index (χ3v) is 4.31. The van der Waals surface area contributed by atoms with Crippen LogP contribution in [0.1, 0.15) is 23.0 Å². The van der Waals surface area contributed by atoms with E-state index in [1.807, 2.05) is 14.0 Å². The number of nitrogens with two attached hydrogens (primary N) is 1. The van der Waals surface area contributed by atoms with Gasteiger partial charge >= 0.3 is 0 Å². The van der Waals surface area contributed by atoms with Gasteiger partial charge in [-0.2, -0.15) is 5.10 Å². The Kier molecular flexibility index (Phi) is 4.45. The predicted molar refractivity (Wildman–Crippen MR) is 79.2 cm³/mol. The first kappa shape index (κ1) is 15.0. The van der Waals surface area contributed by atoms with Crippen molar-refractivity contribution in [1.82, 2.24) is 9.78 Å². The molecule has 2 aromatic rings. The molecule has 108 valence electrons. The molecule has 1 atom stereocenters. The van der Waals surface area contributed by atoms with Crippen LogP contribution in [0.15, 0.2) is 22.7 Å². The van der Waals surface area contributed by atoms with Crippen LogP contribution < -0.4 is 10.5 Å². The third-order valence-electron chi connectivity index (χ3n) is 3.28. The lowest BCUT2D eigenvalue weighted by atomic mass is 10.0. The summed E-state index contributed by atoms with van der Waals surface area (Å²) >= 11 is 3.52. The molecule has 20 heavy (non-hydrogen) atoms. The second kappa shape index (κ2) is 5.93. The average Bonchev–Trinajstić information content (AvgIpc) is 2.66. The van der Waals surface area contributed by atoms with Gasteiger partial charge in [-0.15, -0.1) is 0 Å². The van der Waals surface area contributed by atoms with Crippen molar-refractivity contribution in [2.45, 2.75) is 19.4 Å². The van der Waals surface area contributed by atoms with Gasteiger partial charge in [-0.1, -0.05) is 6.07 Å². The van der Waals surface area contributed by atoms with Crippen molar-refractivity contribution in [1.29, 1.82) is 0 Å². The highest BCUT2D eigenvalue weighted by Crippen LogP contribution is 2.27. The summed E-state index contributed by atoms with van der Waals surface area (Å²) in [5, 5.41) is 4.33. The van der Waals surface area contributed by atoms with Crippen LogP contribution in [-0.2, 0) is 13.5 Å². The van der Waals surface area contributed by atoms with Crippen molar-refractivity contribution in [3.05, 3.63) is 45.4 Å². The van der Waals surface area contributed by atoms with Crippen molar-refractivity contribution in [2.24, 2.45) is 12.8 Å². The third kappa shape index (κ3) is 2.86.